The minimum atomic E-state index is -2.69. The Morgan fingerprint density at radius 2 is 1.33 bits per heavy atom. The smallest absolute Gasteiger partial charge is 0.456 e. The predicted molar refractivity (Wildman–Crippen MR) is 202 cm³/mol. The number of thiocarbonyl (C=S) groups is 1. The van der Waals surface area contributed by atoms with Gasteiger partial charge < -0.3 is 43.3 Å². The molecule has 0 fully saturated rings. The molecule has 1 spiro atoms. The van der Waals surface area contributed by atoms with E-state index in [4.69, 9.17) is 30.2 Å². The number of benzene rings is 3. The lowest BCUT2D eigenvalue weighted by molar-refractivity contribution is 0.123. The maximum absolute atomic E-state index is 12.9. The van der Waals surface area contributed by atoms with E-state index in [1.165, 1.54) is 0 Å². The molecule has 2 aliphatic heterocycles. The number of anilines is 2. The highest BCUT2D eigenvalue weighted by Gasteiger charge is 2.54. The third-order valence-electron chi connectivity index (χ3n) is 9.88. The molecular formula is C37H51N5O5SSi. The number of hydrogen-bond donors (Lipinski definition) is 2. The number of nitrogens with zero attached hydrogens (tertiary/aromatic N) is 3. The zero-order chi connectivity index (χ0) is 35.2. The summed E-state index contributed by atoms with van der Waals surface area (Å²) in [5.74, 6) is 1.62. The molecule has 0 bridgehead atoms. The first kappa shape index (κ1) is 36.6. The van der Waals surface area contributed by atoms with Crippen LogP contribution in [0.25, 0.3) is 0 Å². The fourth-order valence-corrected chi connectivity index (χ4v) is 9.44. The number of ether oxygens (including phenoxy) is 1. The van der Waals surface area contributed by atoms with Gasteiger partial charge in [-0.15, -0.1) is 0 Å². The van der Waals surface area contributed by atoms with Crippen LogP contribution < -0.4 is 25.2 Å². The minimum Gasteiger partial charge on any atom is -0.456 e. The lowest BCUT2D eigenvalue weighted by Gasteiger charge is -2.45. The second-order valence-electron chi connectivity index (χ2n) is 12.1. The van der Waals surface area contributed by atoms with Crippen molar-refractivity contribution in [3.8, 4) is 11.5 Å². The van der Waals surface area contributed by atoms with Crippen molar-refractivity contribution in [1.29, 1.82) is 0 Å². The molecule has 3 aromatic rings. The number of hydrogen-bond acceptors (Lipinski definition) is 8. The standard InChI is InChI=1S/C37H51N5O5SSi/c1-8-40(9-2)27-17-19-31-33(25-27)47-34-26-28(41(10-3)11-4)18-20-32(34)37(31)30-16-13-12-15-29(30)35(48)42(37)23-22-39-36(43)38-21-14-24-49(44-5,45-6)46-7/h12-13,15-20,25-26H,8-11,14,21-24H2,1-7H3,(H2,38,39,43). The van der Waals surface area contributed by atoms with Crippen molar-refractivity contribution in [2.45, 2.75) is 45.7 Å². The van der Waals surface area contributed by atoms with Crippen molar-refractivity contribution in [3.63, 3.8) is 0 Å². The van der Waals surface area contributed by atoms with Crippen LogP contribution in [0.15, 0.2) is 60.7 Å². The lowest BCUT2D eigenvalue weighted by Crippen LogP contribution is -2.50. The summed E-state index contributed by atoms with van der Waals surface area (Å²) in [5, 5.41) is 6.03. The Hall–Kier alpha value is -3.68. The second-order valence-corrected chi connectivity index (χ2v) is 15.6. The van der Waals surface area contributed by atoms with Gasteiger partial charge in [-0.25, -0.2) is 4.79 Å². The summed E-state index contributed by atoms with van der Waals surface area (Å²) < 4.78 is 23.3. The van der Waals surface area contributed by atoms with Crippen LogP contribution in [-0.4, -0.2) is 91.9 Å². The Labute approximate surface area is 298 Å². The Bertz CT molecular complexity index is 1560. The number of carbonyl (C=O) groups is 1. The summed E-state index contributed by atoms with van der Waals surface area (Å²) >= 11 is 6.26. The normalized spacial score (nSPS) is 14.2. The van der Waals surface area contributed by atoms with Gasteiger partial charge in [0.05, 0.1) is 0 Å². The molecule has 2 heterocycles. The van der Waals surface area contributed by atoms with Crippen molar-refractivity contribution < 1.29 is 22.8 Å². The third kappa shape index (κ3) is 6.76. The van der Waals surface area contributed by atoms with Gasteiger partial charge in [0.15, 0.2) is 0 Å². The van der Waals surface area contributed by atoms with Crippen LogP contribution in [0.1, 0.15) is 56.4 Å². The number of fused-ring (bicyclic) bond motifs is 6. The van der Waals surface area contributed by atoms with Gasteiger partial charge in [0.2, 0.25) is 0 Å². The highest BCUT2D eigenvalue weighted by Crippen LogP contribution is 2.58. The monoisotopic (exact) mass is 705 g/mol. The van der Waals surface area contributed by atoms with Crippen LogP contribution in [0.4, 0.5) is 16.2 Å². The summed E-state index contributed by atoms with van der Waals surface area (Å²) in [7, 11) is 2.09. The zero-order valence-corrected chi connectivity index (χ0v) is 31.7. The van der Waals surface area contributed by atoms with E-state index in [0.29, 0.717) is 32.1 Å². The topological polar surface area (TPSA) is 87.8 Å². The van der Waals surface area contributed by atoms with Crippen LogP contribution >= 0.6 is 12.2 Å². The van der Waals surface area contributed by atoms with Gasteiger partial charge in [0, 0.05) is 113 Å². The molecule has 3 aromatic carbocycles. The molecule has 49 heavy (non-hydrogen) atoms. The molecule has 0 aromatic heterocycles. The number of nitrogens with one attached hydrogen (secondary N) is 2. The maximum atomic E-state index is 12.9. The van der Waals surface area contributed by atoms with Gasteiger partial charge >= 0.3 is 14.8 Å². The molecule has 0 unspecified atom stereocenters. The number of amides is 2. The van der Waals surface area contributed by atoms with Crippen molar-refractivity contribution in [3.05, 3.63) is 82.9 Å². The average Bonchev–Trinajstić information content (AvgIpc) is 3.37. The molecule has 2 N–H and O–H groups in total. The van der Waals surface area contributed by atoms with Crippen molar-refractivity contribution in [2.24, 2.45) is 0 Å². The van der Waals surface area contributed by atoms with Gasteiger partial charge in [-0.2, -0.15) is 0 Å². The van der Waals surface area contributed by atoms with E-state index in [9.17, 15) is 4.79 Å². The summed E-state index contributed by atoms with van der Waals surface area (Å²) in [5.41, 5.74) is 5.68. The third-order valence-corrected chi connectivity index (χ3v) is 13.2. The van der Waals surface area contributed by atoms with Crippen molar-refractivity contribution in [1.82, 2.24) is 15.5 Å². The molecule has 2 amide bonds. The van der Waals surface area contributed by atoms with Gasteiger partial charge in [-0.1, -0.05) is 48.6 Å². The predicted octanol–water partition coefficient (Wildman–Crippen LogP) is 6.34. The van der Waals surface area contributed by atoms with E-state index < -0.39 is 14.3 Å². The molecule has 5 rings (SSSR count). The fraction of sp³-hybridized carbons (Fsp3) is 0.459. The van der Waals surface area contributed by atoms with Gasteiger partial charge in [-0.05, 0) is 51.8 Å². The Morgan fingerprint density at radius 3 is 1.86 bits per heavy atom. The van der Waals surface area contributed by atoms with E-state index in [1.54, 1.807) is 21.3 Å². The Kier molecular flexibility index (Phi) is 11.9. The molecule has 0 atom stereocenters. The molecule has 0 aliphatic carbocycles. The molecule has 264 valence electrons. The van der Waals surface area contributed by atoms with Gasteiger partial charge in [0.1, 0.15) is 22.0 Å². The molecule has 0 saturated heterocycles. The average molecular weight is 706 g/mol. The van der Waals surface area contributed by atoms with Crippen molar-refractivity contribution in [2.75, 3.05) is 76.9 Å². The first-order chi connectivity index (χ1) is 23.8. The molecule has 2 aliphatic rings. The SMILES string of the molecule is CCN(CC)c1ccc2c(c1)Oc1cc(N(CC)CC)ccc1C21c2ccccc2C(=S)N1CCNC(=O)NCCC[Si](OC)(OC)OC. The quantitative estimate of drug-likeness (QED) is 0.101. The summed E-state index contributed by atoms with van der Waals surface area (Å²) in [6.45, 7) is 13.6. The highest BCUT2D eigenvalue weighted by atomic mass is 32.1. The molecular weight excluding hydrogens is 655 g/mol. The zero-order valence-electron chi connectivity index (χ0n) is 29.9. The first-order valence-corrected chi connectivity index (χ1v) is 19.7. The van der Waals surface area contributed by atoms with E-state index in [1.807, 2.05) is 6.07 Å². The largest absolute Gasteiger partial charge is 0.500 e. The van der Waals surface area contributed by atoms with Gasteiger partial charge in [-0.3, -0.25) is 0 Å². The van der Waals surface area contributed by atoms with E-state index in [2.05, 4.69) is 108 Å². The number of rotatable bonds is 16. The van der Waals surface area contributed by atoms with Crippen molar-refractivity contribution >= 4 is 43.4 Å². The highest BCUT2D eigenvalue weighted by molar-refractivity contribution is 7.80. The number of carbonyl (C=O) groups excluding carboxylic acids is 1. The van der Waals surface area contributed by atoms with Crippen LogP contribution in [0, 0.1) is 0 Å². The lowest BCUT2D eigenvalue weighted by atomic mass is 9.74. The van der Waals surface area contributed by atoms with E-state index in [0.717, 1.165) is 76.3 Å². The minimum absolute atomic E-state index is 0.239. The Balaban J connectivity index is 1.49. The molecule has 0 radical (unpaired) electrons. The van der Waals surface area contributed by atoms with Crippen LogP contribution in [0.3, 0.4) is 0 Å². The van der Waals surface area contributed by atoms with Crippen LogP contribution in [0.5, 0.6) is 11.5 Å². The van der Waals surface area contributed by atoms with E-state index >= 15 is 0 Å². The van der Waals surface area contributed by atoms with Crippen LogP contribution in [-0.2, 0) is 18.8 Å². The molecule has 0 saturated carbocycles. The Morgan fingerprint density at radius 1 is 0.796 bits per heavy atom. The van der Waals surface area contributed by atoms with E-state index in [-0.39, 0.29) is 6.03 Å². The van der Waals surface area contributed by atoms with Gasteiger partial charge in [0.25, 0.3) is 0 Å². The van der Waals surface area contributed by atoms with Crippen LogP contribution in [0.2, 0.25) is 6.04 Å². The first-order valence-electron chi connectivity index (χ1n) is 17.3. The fourth-order valence-electron chi connectivity index (χ4n) is 7.31. The summed E-state index contributed by atoms with van der Waals surface area (Å²) in [4.78, 5) is 20.6. The molecule has 12 heteroatoms. The number of urea groups is 1. The maximum Gasteiger partial charge on any atom is 0.500 e. The summed E-state index contributed by atoms with van der Waals surface area (Å²) in [6.07, 6.45) is 0.669. The second kappa shape index (κ2) is 15.9. The molecule has 10 nitrogen and oxygen atoms in total. The summed E-state index contributed by atoms with van der Waals surface area (Å²) in [6, 6.07) is 21.9.